The Morgan fingerprint density at radius 1 is 1.21 bits per heavy atom. The Balaban J connectivity index is 1.50. The van der Waals surface area contributed by atoms with Crippen molar-refractivity contribution < 1.29 is 19.0 Å². The van der Waals surface area contributed by atoms with Crippen LogP contribution in [0.15, 0.2) is 48.7 Å². The number of ether oxygens (including phenoxy) is 3. The van der Waals surface area contributed by atoms with Crippen molar-refractivity contribution in [3.63, 3.8) is 0 Å². The first-order valence-corrected chi connectivity index (χ1v) is 7.49. The molecule has 1 aliphatic rings. The van der Waals surface area contributed by atoms with E-state index in [4.69, 9.17) is 14.2 Å². The van der Waals surface area contributed by atoms with Crippen LogP contribution >= 0.6 is 0 Å². The summed E-state index contributed by atoms with van der Waals surface area (Å²) in [4.78, 5) is 11.8. The monoisotopic (exact) mass is 326 g/mol. The lowest BCUT2D eigenvalue weighted by Gasteiger charge is -2.06. The normalized spacial score (nSPS) is 12.2. The van der Waals surface area contributed by atoms with Crippen molar-refractivity contribution >= 4 is 12.1 Å². The second-order valence-corrected chi connectivity index (χ2v) is 5.09. The van der Waals surface area contributed by atoms with Crippen LogP contribution in [-0.4, -0.2) is 19.9 Å². The zero-order chi connectivity index (χ0) is 16.8. The van der Waals surface area contributed by atoms with Gasteiger partial charge in [0.15, 0.2) is 11.5 Å². The van der Waals surface area contributed by atoms with E-state index in [0.29, 0.717) is 12.3 Å². The molecule has 2 aromatic carbocycles. The number of carbonyl (C=O) groups excluding carboxylic acids is 1. The van der Waals surface area contributed by atoms with Crippen LogP contribution in [0.5, 0.6) is 17.2 Å². The molecule has 3 rings (SSSR count). The fraction of sp³-hybridized carbons (Fsp3) is 0.167. The van der Waals surface area contributed by atoms with E-state index < -0.39 is 0 Å². The Labute approximate surface area is 140 Å². The number of methoxy groups -OCH3 is 1. The van der Waals surface area contributed by atoms with Gasteiger partial charge in [-0.05, 0) is 29.8 Å². The maximum Gasteiger partial charge on any atom is 0.319 e. The highest BCUT2D eigenvalue weighted by atomic mass is 16.7. The topological polar surface area (TPSA) is 68.8 Å². The molecule has 0 spiro atoms. The Morgan fingerprint density at radius 2 is 2.04 bits per heavy atom. The van der Waals surface area contributed by atoms with E-state index in [0.717, 1.165) is 22.6 Å². The number of hydrogen-bond donors (Lipinski definition) is 2. The molecule has 0 aliphatic carbocycles. The summed E-state index contributed by atoms with van der Waals surface area (Å²) >= 11 is 0. The molecule has 2 amide bonds. The third-order valence-corrected chi connectivity index (χ3v) is 3.51. The molecular weight excluding hydrogens is 308 g/mol. The minimum Gasteiger partial charge on any atom is -0.496 e. The zero-order valence-corrected chi connectivity index (χ0v) is 13.2. The average molecular weight is 326 g/mol. The zero-order valence-electron chi connectivity index (χ0n) is 13.2. The predicted molar refractivity (Wildman–Crippen MR) is 90.0 cm³/mol. The van der Waals surface area contributed by atoms with E-state index in [9.17, 15) is 4.79 Å². The van der Waals surface area contributed by atoms with Crippen LogP contribution in [-0.2, 0) is 6.54 Å². The van der Waals surface area contributed by atoms with Gasteiger partial charge in [0.25, 0.3) is 0 Å². The summed E-state index contributed by atoms with van der Waals surface area (Å²) in [5.41, 5.74) is 1.82. The third kappa shape index (κ3) is 3.78. The van der Waals surface area contributed by atoms with Gasteiger partial charge in [-0.25, -0.2) is 4.79 Å². The van der Waals surface area contributed by atoms with Crippen molar-refractivity contribution in [1.29, 1.82) is 0 Å². The summed E-state index contributed by atoms with van der Waals surface area (Å²) < 4.78 is 15.8. The van der Waals surface area contributed by atoms with Crippen LogP contribution in [0, 0.1) is 0 Å². The van der Waals surface area contributed by atoms with Gasteiger partial charge in [0.1, 0.15) is 5.75 Å². The number of benzene rings is 2. The lowest BCUT2D eigenvalue weighted by atomic mass is 10.2. The summed E-state index contributed by atoms with van der Waals surface area (Å²) in [7, 11) is 1.61. The van der Waals surface area contributed by atoms with Gasteiger partial charge in [-0.3, -0.25) is 0 Å². The van der Waals surface area contributed by atoms with Gasteiger partial charge in [-0.1, -0.05) is 24.3 Å². The molecule has 0 saturated heterocycles. The molecule has 6 heteroatoms. The summed E-state index contributed by atoms with van der Waals surface area (Å²) in [5, 5.41) is 5.44. The Kier molecular flexibility index (Phi) is 4.86. The molecule has 0 saturated carbocycles. The quantitative estimate of drug-likeness (QED) is 0.886. The number of nitrogens with one attached hydrogen (secondary N) is 2. The molecular formula is C18H18N2O4. The van der Waals surface area contributed by atoms with Crippen LogP contribution in [0.1, 0.15) is 11.1 Å². The number of para-hydroxylation sites is 1. The van der Waals surface area contributed by atoms with E-state index in [1.54, 1.807) is 19.4 Å². The Morgan fingerprint density at radius 3 is 2.92 bits per heavy atom. The van der Waals surface area contributed by atoms with Crippen LogP contribution in [0.2, 0.25) is 0 Å². The van der Waals surface area contributed by atoms with E-state index in [-0.39, 0.29) is 12.8 Å². The maximum atomic E-state index is 11.8. The second kappa shape index (κ2) is 7.41. The van der Waals surface area contributed by atoms with E-state index >= 15 is 0 Å². The van der Waals surface area contributed by atoms with Gasteiger partial charge in [0.05, 0.1) is 7.11 Å². The molecule has 6 nitrogen and oxygen atoms in total. The van der Waals surface area contributed by atoms with Crippen LogP contribution in [0.3, 0.4) is 0 Å². The van der Waals surface area contributed by atoms with E-state index in [2.05, 4.69) is 10.6 Å². The molecule has 24 heavy (non-hydrogen) atoms. The second-order valence-electron chi connectivity index (χ2n) is 5.09. The largest absolute Gasteiger partial charge is 0.496 e. The van der Waals surface area contributed by atoms with Crippen LogP contribution in [0.25, 0.3) is 6.08 Å². The van der Waals surface area contributed by atoms with Gasteiger partial charge in [0.2, 0.25) is 6.79 Å². The molecule has 0 atom stereocenters. The van der Waals surface area contributed by atoms with Crippen LogP contribution < -0.4 is 24.8 Å². The highest BCUT2D eigenvalue weighted by Gasteiger charge is 2.13. The fourth-order valence-corrected chi connectivity index (χ4v) is 2.30. The molecule has 0 radical (unpaired) electrons. The molecule has 0 fully saturated rings. The first-order chi connectivity index (χ1) is 11.8. The van der Waals surface area contributed by atoms with Crippen molar-refractivity contribution in [3.8, 4) is 17.2 Å². The highest BCUT2D eigenvalue weighted by molar-refractivity contribution is 5.76. The van der Waals surface area contributed by atoms with Gasteiger partial charge >= 0.3 is 6.03 Å². The van der Waals surface area contributed by atoms with E-state index in [1.165, 1.54) is 0 Å². The molecule has 0 bridgehead atoms. The van der Waals surface area contributed by atoms with Crippen molar-refractivity contribution in [3.05, 3.63) is 59.8 Å². The molecule has 2 N–H and O–H groups in total. The molecule has 0 aromatic heterocycles. The Hall–Kier alpha value is -3.15. The van der Waals surface area contributed by atoms with Gasteiger partial charge in [-0.2, -0.15) is 0 Å². The molecule has 1 aliphatic heterocycles. The van der Waals surface area contributed by atoms with Crippen LogP contribution in [0.4, 0.5) is 4.79 Å². The fourth-order valence-electron chi connectivity index (χ4n) is 2.30. The standard InChI is InChI=1S/C18H18N2O4/c1-22-15-5-3-2-4-14(15)8-9-19-18(21)20-11-13-6-7-16-17(10-13)24-12-23-16/h2-10H,11-12H2,1H3,(H2,19,20,21)/b9-8+. The van der Waals surface area contributed by atoms with Crippen molar-refractivity contribution in [2.75, 3.05) is 13.9 Å². The molecule has 0 unspecified atom stereocenters. The first kappa shape index (κ1) is 15.7. The number of fused-ring (bicyclic) bond motifs is 1. The minimum atomic E-state index is -0.293. The summed E-state index contributed by atoms with van der Waals surface area (Å²) in [6.07, 6.45) is 3.35. The SMILES string of the molecule is COc1ccccc1/C=C/NC(=O)NCc1ccc2c(c1)OCO2. The predicted octanol–water partition coefficient (Wildman–Crippen LogP) is 2.89. The highest BCUT2D eigenvalue weighted by Crippen LogP contribution is 2.32. The van der Waals surface area contributed by atoms with Crippen molar-refractivity contribution in [2.45, 2.75) is 6.54 Å². The summed E-state index contributed by atoms with van der Waals surface area (Å²) in [6, 6.07) is 12.8. The molecule has 1 heterocycles. The third-order valence-electron chi connectivity index (χ3n) is 3.51. The van der Waals surface area contributed by atoms with Crippen molar-refractivity contribution in [1.82, 2.24) is 10.6 Å². The first-order valence-electron chi connectivity index (χ1n) is 7.49. The number of hydrogen-bond acceptors (Lipinski definition) is 4. The minimum absolute atomic E-state index is 0.237. The summed E-state index contributed by atoms with van der Waals surface area (Å²) in [6.45, 7) is 0.630. The number of rotatable bonds is 5. The van der Waals surface area contributed by atoms with Crippen molar-refractivity contribution in [2.24, 2.45) is 0 Å². The number of carbonyl (C=O) groups is 1. The van der Waals surface area contributed by atoms with Gasteiger partial charge in [0, 0.05) is 18.3 Å². The molecule has 2 aromatic rings. The number of amides is 2. The van der Waals surface area contributed by atoms with E-state index in [1.807, 2.05) is 42.5 Å². The lowest BCUT2D eigenvalue weighted by Crippen LogP contribution is -2.31. The lowest BCUT2D eigenvalue weighted by molar-refractivity contribution is 0.174. The summed E-state index contributed by atoms with van der Waals surface area (Å²) in [5.74, 6) is 2.17. The molecule has 124 valence electrons. The Bertz CT molecular complexity index is 758. The van der Waals surface area contributed by atoms with Gasteiger partial charge < -0.3 is 24.8 Å². The van der Waals surface area contributed by atoms with Gasteiger partial charge in [-0.15, -0.1) is 0 Å². The average Bonchev–Trinajstić information content (AvgIpc) is 3.08. The number of urea groups is 1. The maximum absolute atomic E-state index is 11.8. The smallest absolute Gasteiger partial charge is 0.319 e.